The van der Waals surface area contributed by atoms with Gasteiger partial charge in [0.05, 0.1) is 22.0 Å². The first-order chi connectivity index (χ1) is 15.1. The summed E-state index contributed by atoms with van der Waals surface area (Å²) < 4.78 is 0. The van der Waals surface area contributed by atoms with E-state index < -0.39 is 6.04 Å². The number of carbonyl (C=O) groups excluding carboxylic acids is 3. The highest BCUT2D eigenvalue weighted by atomic mass is 32.1. The number of thiazole rings is 1. The molecule has 0 saturated heterocycles. The maximum atomic E-state index is 12.4. The zero-order valence-electron chi connectivity index (χ0n) is 16.8. The fourth-order valence-electron chi connectivity index (χ4n) is 3.35. The summed E-state index contributed by atoms with van der Waals surface area (Å²) in [6.07, 6.45) is 1.01. The van der Waals surface area contributed by atoms with Crippen LogP contribution in [-0.2, 0) is 16.0 Å². The highest BCUT2D eigenvalue weighted by Crippen LogP contribution is 2.22. The maximum absolute atomic E-state index is 12.4. The van der Waals surface area contributed by atoms with Crippen molar-refractivity contribution in [1.82, 2.24) is 15.6 Å². The average Bonchev–Trinajstić information content (AvgIpc) is 3.21. The number of fused-ring (bicyclic) bond motifs is 1. The predicted molar refractivity (Wildman–Crippen MR) is 120 cm³/mol. The van der Waals surface area contributed by atoms with Crippen LogP contribution in [0, 0.1) is 0 Å². The molecule has 1 aliphatic rings. The maximum Gasteiger partial charge on any atom is 0.254 e. The first-order valence-electron chi connectivity index (χ1n) is 10.1. The van der Waals surface area contributed by atoms with Gasteiger partial charge >= 0.3 is 0 Å². The smallest absolute Gasteiger partial charge is 0.254 e. The molecule has 1 atom stereocenters. The van der Waals surface area contributed by atoms with E-state index in [2.05, 4.69) is 20.9 Å². The van der Waals surface area contributed by atoms with Gasteiger partial charge in [-0.2, -0.15) is 0 Å². The first-order valence-corrected chi connectivity index (χ1v) is 11.0. The van der Waals surface area contributed by atoms with Crippen LogP contribution in [0.3, 0.4) is 0 Å². The molecule has 0 spiro atoms. The summed E-state index contributed by atoms with van der Waals surface area (Å²) in [6.45, 7) is 0.467. The van der Waals surface area contributed by atoms with Gasteiger partial charge in [0, 0.05) is 30.3 Å². The van der Waals surface area contributed by atoms with Crippen LogP contribution < -0.4 is 16.0 Å². The number of anilines is 1. The van der Waals surface area contributed by atoms with E-state index in [4.69, 9.17) is 0 Å². The zero-order chi connectivity index (χ0) is 21.6. The Hall–Kier alpha value is -3.52. The van der Waals surface area contributed by atoms with E-state index in [1.54, 1.807) is 35.6 Å². The Balaban J connectivity index is 1.23. The van der Waals surface area contributed by atoms with Gasteiger partial charge < -0.3 is 16.0 Å². The molecule has 3 N–H and O–H groups in total. The summed E-state index contributed by atoms with van der Waals surface area (Å²) in [4.78, 5) is 41.6. The normalized spacial score (nSPS) is 15.4. The van der Waals surface area contributed by atoms with Gasteiger partial charge in [-0.1, -0.05) is 42.5 Å². The molecule has 31 heavy (non-hydrogen) atoms. The van der Waals surface area contributed by atoms with Gasteiger partial charge in [-0.3, -0.25) is 14.4 Å². The number of carbonyl (C=O) groups is 3. The lowest BCUT2D eigenvalue weighted by atomic mass is 10.1. The highest BCUT2D eigenvalue weighted by Gasteiger charge is 2.27. The van der Waals surface area contributed by atoms with Crippen molar-refractivity contribution in [2.75, 3.05) is 11.9 Å². The fourth-order valence-corrected chi connectivity index (χ4v) is 4.16. The number of nitrogens with one attached hydrogen (secondary N) is 3. The summed E-state index contributed by atoms with van der Waals surface area (Å²) in [5.74, 6) is -0.802. The van der Waals surface area contributed by atoms with Gasteiger partial charge in [-0.25, -0.2) is 4.98 Å². The molecule has 0 bridgehead atoms. The number of hydrogen-bond donors (Lipinski definition) is 3. The van der Waals surface area contributed by atoms with Gasteiger partial charge in [0.2, 0.25) is 11.8 Å². The molecule has 8 heteroatoms. The third-order valence-corrected chi connectivity index (χ3v) is 5.90. The molecular formula is C23H22N4O3S. The number of hydrogen-bond acceptors (Lipinski definition) is 5. The number of rotatable bonds is 7. The third-order valence-electron chi connectivity index (χ3n) is 4.99. The lowest BCUT2D eigenvalue weighted by Gasteiger charge is -2.14. The predicted octanol–water partition coefficient (Wildman–Crippen LogP) is 3.00. The molecule has 0 radical (unpaired) electrons. The van der Waals surface area contributed by atoms with Crippen LogP contribution in [0.5, 0.6) is 0 Å². The van der Waals surface area contributed by atoms with Crippen molar-refractivity contribution in [3.63, 3.8) is 0 Å². The summed E-state index contributed by atoms with van der Waals surface area (Å²) >= 11 is 1.57. The minimum atomic E-state index is -0.752. The standard InChI is InChI=1S/C23H22N4O3S/c28-20(24-13-12-21-25-19(14-31-21)15-6-2-1-3-7-15)11-10-18-23(30)26-17-9-5-4-8-16(17)22(29)27-18/h1-9,14,18H,10-13H2,(H,24,28)(H,26,30)(H,27,29). The van der Waals surface area contributed by atoms with Crippen LogP contribution >= 0.6 is 11.3 Å². The van der Waals surface area contributed by atoms with E-state index >= 15 is 0 Å². The molecular weight excluding hydrogens is 412 g/mol. The number of nitrogens with zero attached hydrogens (tertiary/aromatic N) is 1. The third kappa shape index (κ3) is 5.16. The van der Waals surface area contributed by atoms with Crippen molar-refractivity contribution in [1.29, 1.82) is 0 Å². The molecule has 3 amide bonds. The Morgan fingerprint density at radius 3 is 2.68 bits per heavy atom. The van der Waals surface area contributed by atoms with Crippen molar-refractivity contribution in [2.45, 2.75) is 25.3 Å². The molecule has 2 heterocycles. The van der Waals surface area contributed by atoms with Crippen LogP contribution in [0.1, 0.15) is 28.2 Å². The Morgan fingerprint density at radius 2 is 1.84 bits per heavy atom. The lowest BCUT2D eigenvalue weighted by molar-refractivity contribution is -0.121. The summed E-state index contributed by atoms with van der Waals surface area (Å²) in [5, 5.41) is 11.3. The summed E-state index contributed by atoms with van der Waals surface area (Å²) in [6, 6.07) is 16.0. The Labute approximate surface area is 183 Å². The second-order valence-electron chi connectivity index (χ2n) is 7.19. The Morgan fingerprint density at radius 1 is 1.06 bits per heavy atom. The molecule has 3 aromatic rings. The van der Waals surface area contributed by atoms with E-state index in [0.717, 1.165) is 16.3 Å². The highest BCUT2D eigenvalue weighted by molar-refractivity contribution is 7.09. The van der Waals surface area contributed by atoms with Crippen LogP contribution in [0.4, 0.5) is 5.69 Å². The van der Waals surface area contributed by atoms with E-state index in [0.29, 0.717) is 24.2 Å². The monoisotopic (exact) mass is 434 g/mol. The molecule has 0 saturated carbocycles. The van der Waals surface area contributed by atoms with Crippen LogP contribution in [-0.4, -0.2) is 35.3 Å². The Bertz CT molecular complexity index is 1100. The van der Waals surface area contributed by atoms with Crippen molar-refractivity contribution < 1.29 is 14.4 Å². The topological polar surface area (TPSA) is 100 Å². The molecule has 158 valence electrons. The van der Waals surface area contributed by atoms with Crippen molar-refractivity contribution >= 4 is 34.7 Å². The number of para-hydroxylation sites is 1. The van der Waals surface area contributed by atoms with Gasteiger partial charge in [-0.15, -0.1) is 11.3 Å². The van der Waals surface area contributed by atoms with E-state index in [1.165, 1.54) is 0 Å². The second kappa shape index (κ2) is 9.53. The van der Waals surface area contributed by atoms with E-state index in [9.17, 15) is 14.4 Å². The minimum absolute atomic E-state index is 0.141. The molecule has 2 aromatic carbocycles. The van der Waals surface area contributed by atoms with Crippen molar-refractivity contribution in [2.24, 2.45) is 0 Å². The van der Waals surface area contributed by atoms with Gasteiger partial charge in [0.15, 0.2) is 0 Å². The number of benzene rings is 2. The molecule has 7 nitrogen and oxygen atoms in total. The number of amides is 3. The molecule has 0 fully saturated rings. The lowest BCUT2D eigenvalue weighted by Crippen LogP contribution is -2.42. The average molecular weight is 435 g/mol. The van der Waals surface area contributed by atoms with Gasteiger partial charge in [-0.05, 0) is 18.6 Å². The minimum Gasteiger partial charge on any atom is -0.356 e. The van der Waals surface area contributed by atoms with E-state index in [1.807, 2.05) is 35.7 Å². The number of aromatic nitrogens is 1. The summed E-state index contributed by atoms with van der Waals surface area (Å²) in [7, 11) is 0. The quantitative estimate of drug-likeness (QED) is 0.532. The fraction of sp³-hybridized carbons (Fsp3) is 0.217. The van der Waals surface area contributed by atoms with Crippen LogP contribution in [0.2, 0.25) is 0 Å². The van der Waals surface area contributed by atoms with Crippen molar-refractivity contribution in [3.8, 4) is 11.3 Å². The van der Waals surface area contributed by atoms with E-state index in [-0.39, 0.29) is 30.6 Å². The SMILES string of the molecule is O=C(CCC1NC(=O)c2ccccc2NC1=O)NCCc1nc(-c2ccccc2)cs1. The van der Waals surface area contributed by atoms with Gasteiger partial charge in [0.1, 0.15) is 6.04 Å². The van der Waals surface area contributed by atoms with Crippen LogP contribution in [0.25, 0.3) is 11.3 Å². The molecule has 4 rings (SSSR count). The molecule has 1 aliphatic heterocycles. The Kier molecular flexibility index (Phi) is 6.37. The van der Waals surface area contributed by atoms with Crippen LogP contribution in [0.15, 0.2) is 60.0 Å². The molecule has 1 unspecified atom stereocenters. The van der Waals surface area contributed by atoms with Gasteiger partial charge in [0.25, 0.3) is 5.91 Å². The molecule has 1 aromatic heterocycles. The zero-order valence-corrected chi connectivity index (χ0v) is 17.6. The first kappa shape index (κ1) is 20.7. The largest absolute Gasteiger partial charge is 0.356 e. The molecule has 0 aliphatic carbocycles. The second-order valence-corrected chi connectivity index (χ2v) is 8.13. The summed E-state index contributed by atoms with van der Waals surface area (Å²) in [5.41, 5.74) is 2.90. The van der Waals surface area contributed by atoms with Crippen molar-refractivity contribution in [3.05, 3.63) is 70.5 Å².